The van der Waals surface area contributed by atoms with Crippen molar-refractivity contribution < 1.29 is 9.59 Å². The van der Waals surface area contributed by atoms with E-state index in [4.69, 9.17) is 5.73 Å². The third-order valence-electron chi connectivity index (χ3n) is 2.18. The van der Waals surface area contributed by atoms with Gasteiger partial charge in [0.15, 0.2) is 0 Å². The zero-order valence-corrected chi connectivity index (χ0v) is 5.89. The Morgan fingerprint density at radius 2 is 2.09 bits per heavy atom. The van der Waals surface area contributed by atoms with Crippen molar-refractivity contribution in [2.45, 2.75) is 24.4 Å². The highest BCUT2D eigenvalue weighted by atomic mass is 16.2. The highest BCUT2D eigenvalue weighted by molar-refractivity contribution is 6.05. The van der Waals surface area contributed by atoms with E-state index < -0.39 is 17.6 Å². The molecule has 2 aliphatic rings. The van der Waals surface area contributed by atoms with E-state index in [1.54, 1.807) is 0 Å². The van der Waals surface area contributed by atoms with Crippen LogP contribution in [0.3, 0.4) is 0 Å². The predicted octanol–water partition coefficient (Wildman–Crippen LogP) is -1.31. The van der Waals surface area contributed by atoms with Crippen LogP contribution in [0.2, 0.25) is 0 Å². The number of amides is 3. The van der Waals surface area contributed by atoms with Crippen molar-refractivity contribution in [3.05, 3.63) is 0 Å². The number of hydrogen-bond donors (Lipinski definition) is 3. The average molecular weight is 155 g/mol. The molecule has 0 spiro atoms. The molecule has 60 valence electrons. The molecule has 4 N–H and O–H groups in total. The molecule has 1 aliphatic carbocycles. The number of imide groups is 1. The summed E-state index contributed by atoms with van der Waals surface area (Å²) in [5, 5.41) is 4.63. The van der Waals surface area contributed by atoms with Crippen LogP contribution in [0.4, 0.5) is 4.79 Å². The van der Waals surface area contributed by atoms with Crippen molar-refractivity contribution in [3.8, 4) is 0 Å². The zero-order valence-electron chi connectivity index (χ0n) is 5.89. The Morgan fingerprint density at radius 1 is 1.45 bits per heavy atom. The molecule has 2 rings (SSSR count). The first-order valence-corrected chi connectivity index (χ1v) is 3.52. The smallest absolute Gasteiger partial charge is 0.322 e. The summed E-state index contributed by atoms with van der Waals surface area (Å²) >= 11 is 0. The van der Waals surface area contributed by atoms with Crippen molar-refractivity contribution in [1.29, 1.82) is 0 Å². The van der Waals surface area contributed by atoms with E-state index in [0.29, 0.717) is 0 Å². The van der Waals surface area contributed by atoms with E-state index in [9.17, 15) is 9.59 Å². The fourth-order valence-electron chi connectivity index (χ4n) is 1.25. The van der Waals surface area contributed by atoms with E-state index in [0.717, 1.165) is 12.8 Å². The van der Waals surface area contributed by atoms with Gasteiger partial charge in [-0.2, -0.15) is 0 Å². The molecule has 2 fully saturated rings. The second-order valence-electron chi connectivity index (χ2n) is 3.13. The maximum atomic E-state index is 11.0. The van der Waals surface area contributed by atoms with Crippen LogP contribution in [0.1, 0.15) is 12.8 Å². The van der Waals surface area contributed by atoms with Crippen LogP contribution >= 0.6 is 0 Å². The molecule has 0 aromatic rings. The Balaban J connectivity index is 2.15. The van der Waals surface area contributed by atoms with Gasteiger partial charge < -0.3 is 11.1 Å². The van der Waals surface area contributed by atoms with Crippen LogP contribution in [0.5, 0.6) is 0 Å². The third-order valence-corrected chi connectivity index (χ3v) is 2.18. The zero-order chi connectivity index (χ0) is 8.06. The van der Waals surface area contributed by atoms with Crippen LogP contribution in [0.15, 0.2) is 0 Å². The number of hydrogen-bond acceptors (Lipinski definition) is 3. The summed E-state index contributed by atoms with van der Waals surface area (Å²) in [7, 11) is 0. The number of carbonyl (C=O) groups is 2. The molecule has 1 aliphatic heterocycles. The largest absolute Gasteiger partial charge is 0.324 e. The minimum atomic E-state index is -0.505. The summed E-state index contributed by atoms with van der Waals surface area (Å²) < 4.78 is 0. The normalized spacial score (nSPS) is 33.0. The predicted molar refractivity (Wildman–Crippen MR) is 36.6 cm³/mol. The number of nitrogens with one attached hydrogen (secondary N) is 2. The SMILES string of the molecule is NC1(C2NC(=O)NC2=O)CC1. The van der Waals surface area contributed by atoms with E-state index in [1.807, 2.05) is 0 Å². The highest BCUT2D eigenvalue weighted by Crippen LogP contribution is 2.36. The van der Waals surface area contributed by atoms with Crippen molar-refractivity contribution >= 4 is 11.9 Å². The molecule has 1 atom stereocenters. The molecule has 0 aromatic carbocycles. The lowest BCUT2D eigenvalue weighted by molar-refractivity contribution is -0.120. The van der Waals surface area contributed by atoms with Crippen LogP contribution < -0.4 is 16.4 Å². The van der Waals surface area contributed by atoms with Gasteiger partial charge in [0, 0.05) is 5.54 Å². The Kier molecular flexibility index (Phi) is 1.04. The average Bonchev–Trinajstić information content (AvgIpc) is 2.55. The van der Waals surface area contributed by atoms with Crippen molar-refractivity contribution in [2.24, 2.45) is 5.73 Å². The van der Waals surface area contributed by atoms with Crippen LogP contribution in [-0.2, 0) is 4.79 Å². The number of carbonyl (C=O) groups excluding carboxylic acids is 2. The van der Waals surface area contributed by atoms with Gasteiger partial charge in [0.25, 0.3) is 5.91 Å². The van der Waals surface area contributed by atoms with Gasteiger partial charge in [-0.3, -0.25) is 10.1 Å². The van der Waals surface area contributed by atoms with Crippen molar-refractivity contribution in [3.63, 3.8) is 0 Å². The molecule has 3 amide bonds. The van der Waals surface area contributed by atoms with Crippen molar-refractivity contribution in [2.75, 3.05) is 0 Å². The quantitative estimate of drug-likeness (QED) is 0.411. The van der Waals surface area contributed by atoms with Gasteiger partial charge in [0.05, 0.1) is 0 Å². The van der Waals surface area contributed by atoms with Gasteiger partial charge >= 0.3 is 6.03 Å². The van der Waals surface area contributed by atoms with Gasteiger partial charge in [-0.1, -0.05) is 0 Å². The fourth-order valence-corrected chi connectivity index (χ4v) is 1.25. The highest BCUT2D eigenvalue weighted by Gasteiger charge is 2.52. The van der Waals surface area contributed by atoms with Crippen LogP contribution in [0.25, 0.3) is 0 Å². The summed E-state index contributed by atoms with van der Waals surface area (Å²) in [4.78, 5) is 21.6. The Hall–Kier alpha value is -1.10. The lowest BCUT2D eigenvalue weighted by Crippen LogP contribution is -2.48. The number of nitrogens with two attached hydrogens (primary N) is 1. The minimum Gasteiger partial charge on any atom is -0.324 e. The Labute approximate surface area is 63.3 Å². The van der Waals surface area contributed by atoms with Crippen LogP contribution in [-0.4, -0.2) is 23.5 Å². The Bertz CT molecular complexity index is 234. The monoisotopic (exact) mass is 155 g/mol. The minimum absolute atomic E-state index is 0.296. The summed E-state index contributed by atoms with van der Waals surface area (Å²) in [6, 6.07) is -0.938. The van der Waals surface area contributed by atoms with Gasteiger partial charge in [0.2, 0.25) is 0 Å². The molecule has 11 heavy (non-hydrogen) atoms. The summed E-state index contributed by atoms with van der Waals surface area (Å²) in [5.41, 5.74) is 5.27. The summed E-state index contributed by atoms with van der Waals surface area (Å²) in [6.45, 7) is 0. The van der Waals surface area contributed by atoms with E-state index >= 15 is 0 Å². The third kappa shape index (κ3) is 0.883. The van der Waals surface area contributed by atoms with Gasteiger partial charge in [-0.25, -0.2) is 4.79 Å². The molecular weight excluding hydrogens is 146 g/mol. The standard InChI is InChI=1S/C6H9N3O2/c7-6(1-2-6)3-4(10)9-5(11)8-3/h3H,1-2,7H2,(H2,8,9,10,11). The molecule has 0 bridgehead atoms. The second-order valence-corrected chi connectivity index (χ2v) is 3.13. The van der Waals surface area contributed by atoms with E-state index in [-0.39, 0.29) is 5.91 Å². The van der Waals surface area contributed by atoms with Gasteiger partial charge in [0.1, 0.15) is 6.04 Å². The second kappa shape index (κ2) is 1.73. The van der Waals surface area contributed by atoms with E-state index in [2.05, 4.69) is 10.6 Å². The maximum absolute atomic E-state index is 11.0. The first kappa shape index (κ1) is 6.60. The maximum Gasteiger partial charge on any atom is 0.322 e. The molecule has 5 heteroatoms. The van der Waals surface area contributed by atoms with E-state index in [1.165, 1.54) is 0 Å². The summed E-state index contributed by atoms with van der Waals surface area (Å²) in [6.07, 6.45) is 1.62. The molecule has 1 saturated heterocycles. The van der Waals surface area contributed by atoms with Crippen molar-refractivity contribution in [1.82, 2.24) is 10.6 Å². The Morgan fingerprint density at radius 3 is 2.45 bits per heavy atom. The lowest BCUT2D eigenvalue weighted by atomic mass is 10.1. The van der Waals surface area contributed by atoms with Crippen LogP contribution in [0, 0.1) is 0 Å². The topological polar surface area (TPSA) is 84.2 Å². The molecular formula is C6H9N3O2. The summed E-state index contributed by atoms with van der Waals surface area (Å²) in [5.74, 6) is -0.296. The first-order chi connectivity index (χ1) is 5.12. The lowest BCUT2D eigenvalue weighted by Gasteiger charge is -2.13. The van der Waals surface area contributed by atoms with Gasteiger partial charge in [-0.05, 0) is 12.8 Å². The first-order valence-electron chi connectivity index (χ1n) is 3.52. The molecule has 1 saturated carbocycles. The fraction of sp³-hybridized carbons (Fsp3) is 0.667. The number of urea groups is 1. The molecule has 1 heterocycles. The molecule has 0 aromatic heterocycles. The van der Waals surface area contributed by atoms with Gasteiger partial charge in [-0.15, -0.1) is 0 Å². The molecule has 0 radical (unpaired) electrons. The number of rotatable bonds is 1. The molecule has 5 nitrogen and oxygen atoms in total. The molecule has 1 unspecified atom stereocenters.